The van der Waals surface area contributed by atoms with Gasteiger partial charge in [-0.1, -0.05) is 12.1 Å². The molecule has 1 aliphatic carbocycles. The van der Waals surface area contributed by atoms with E-state index in [-0.39, 0.29) is 11.1 Å². The van der Waals surface area contributed by atoms with Crippen LogP contribution in [0.3, 0.4) is 0 Å². The first-order chi connectivity index (χ1) is 13.5. The molecule has 5 N–H and O–H groups in total. The largest absolute Gasteiger partial charge is 0.487 e. The zero-order valence-corrected chi connectivity index (χ0v) is 15.0. The minimum atomic E-state index is -1.11. The zero-order valence-electron chi connectivity index (χ0n) is 15.0. The number of benzene rings is 1. The van der Waals surface area contributed by atoms with E-state index in [2.05, 4.69) is 10.3 Å². The monoisotopic (exact) mass is 384 g/mol. The lowest BCUT2D eigenvalue weighted by Crippen LogP contribution is -2.34. The van der Waals surface area contributed by atoms with E-state index in [1.807, 2.05) is 18.2 Å². The number of nitrogens with one attached hydrogen (secondary N) is 1. The number of aromatic nitrogens is 2. The normalized spacial score (nSPS) is 26.7. The Hall–Kier alpha value is -2.68. The second-order valence-electron chi connectivity index (χ2n) is 7.42. The number of aliphatic hydroxyl groups is 2. The first-order valence-electron chi connectivity index (χ1n) is 9.29. The van der Waals surface area contributed by atoms with Crippen LogP contribution in [-0.4, -0.2) is 38.1 Å². The highest BCUT2D eigenvalue weighted by molar-refractivity contribution is 5.89. The van der Waals surface area contributed by atoms with E-state index in [4.69, 9.17) is 10.5 Å². The summed E-state index contributed by atoms with van der Waals surface area (Å²) in [5.74, 6) is 0.198. The number of hydrogen-bond donors (Lipinski definition) is 4. The Morgan fingerprint density at radius 1 is 1.21 bits per heavy atom. The van der Waals surface area contributed by atoms with Crippen molar-refractivity contribution in [1.29, 1.82) is 0 Å². The van der Waals surface area contributed by atoms with Gasteiger partial charge in [0.1, 0.15) is 29.7 Å². The Morgan fingerprint density at radius 3 is 2.93 bits per heavy atom. The summed E-state index contributed by atoms with van der Waals surface area (Å²) in [5.41, 5.74) is 8.75. The van der Waals surface area contributed by atoms with Crippen LogP contribution in [0.5, 0.6) is 5.75 Å². The molecule has 1 aliphatic heterocycles. The quantitative estimate of drug-likeness (QED) is 0.545. The van der Waals surface area contributed by atoms with Crippen LogP contribution in [-0.2, 0) is 13.1 Å². The number of aliphatic hydroxyl groups excluding tert-OH is 2. The minimum absolute atomic E-state index is 0.223. The summed E-state index contributed by atoms with van der Waals surface area (Å²) < 4.78 is 22.1. The fourth-order valence-electron chi connectivity index (χ4n) is 4.34. The number of ether oxygens (including phenoxy) is 1. The predicted molar refractivity (Wildman–Crippen MR) is 101 cm³/mol. The van der Waals surface area contributed by atoms with Crippen molar-refractivity contribution in [2.45, 2.75) is 43.9 Å². The van der Waals surface area contributed by atoms with Gasteiger partial charge >= 0.3 is 0 Å². The average Bonchev–Trinajstić information content (AvgIpc) is 3.36. The molecule has 0 bridgehead atoms. The molecule has 8 heteroatoms. The van der Waals surface area contributed by atoms with Crippen LogP contribution >= 0.6 is 0 Å². The smallest absolute Gasteiger partial charge is 0.152 e. The second-order valence-corrected chi connectivity index (χ2v) is 7.42. The SMILES string of the molecule is Nc1ccnc2c1c(F)cn2[C@H]1CC(Oc2cccc3c2CNC3)[C@@H](O)[C@H]1O. The maximum absolute atomic E-state index is 14.4. The van der Waals surface area contributed by atoms with E-state index in [9.17, 15) is 14.6 Å². The summed E-state index contributed by atoms with van der Waals surface area (Å²) in [7, 11) is 0. The third kappa shape index (κ3) is 2.56. The van der Waals surface area contributed by atoms with Crippen LogP contribution in [0.4, 0.5) is 10.1 Å². The Balaban J connectivity index is 1.47. The number of anilines is 1. The van der Waals surface area contributed by atoms with Gasteiger partial charge in [-0.2, -0.15) is 0 Å². The van der Waals surface area contributed by atoms with Crippen LogP contribution in [0.2, 0.25) is 0 Å². The highest BCUT2D eigenvalue weighted by atomic mass is 19.1. The Labute approximate surface area is 160 Å². The number of rotatable bonds is 3. The summed E-state index contributed by atoms with van der Waals surface area (Å²) >= 11 is 0. The number of hydrogen-bond acceptors (Lipinski definition) is 6. The fraction of sp³-hybridized carbons (Fsp3) is 0.350. The zero-order chi connectivity index (χ0) is 19.4. The molecule has 28 heavy (non-hydrogen) atoms. The maximum atomic E-state index is 14.4. The number of nitrogens with two attached hydrogens (primary N) is 1. The number of fused-ring (bicyclic) bond motifs is 2. The molecular weight excluding hydrogens is 363 g/mol. The molecule has 7 nitrogen and oxygen atoms in total. The van der Waals surface area contributed by atoms with Gasteiger partial charge < -0.3 is 30.6 Å². The van der Waals surface area contributed by atoms with Crippen LogP contribution in [0.25, 0.3) is 11.0 Å². The molecule has 1 fully saturated rings. The average molecular weight is 384 g/mol. The molecule has 0 spiro atoms. The lowest BCUT2D eigenvalue weighted by atomic mass is 10.1. The fourth-order valence-corrected chi connectivity index (χ4v) is 4.34. The number of halogens is 1. The van der Waals surface area contributed by atoms with Crippen molar-refractivity contribution < 1.29 is 19.3 Å². The van der Waals surface area contributed by atoms with Gasteiger partial charge in [0.05, 0.1) is 11.4 Å². The number of nitrogens with zero attached hydrogens (tertiary/aromatic N) is 2. The summed E-state index contributed by atoms with van der Waals surface area (Å²) in [6.07, 6.45) is 0.267. The van der Waals surface area contributed by atoms with E-state index >= 15 is 0 Å². The standard InChI is InChI=1S/C20H21FN4O3/c21-12-9-25(20-17(12)13(22)4-5-24-20)14-6-16(19(27)18(14)26)28-15-3-1-2-10-7-23-8-11(10)15/h1-5,9,14,16,18-19,23,26-27H,6-8H2,(H2,22,24)/t14-,16?,18-,19+/m0/s1. The Bertz CT molecular complexity index is 1050. The van der Waals surface area contributed by atoms with E-state index in [0.717, 1.165) is 12.1 Å². The van der Waals surface area contributed by atoms with Gasteiger partial charge in [-0.05, 0) is 17.7 Å². The number of nitrogen functional groups attached to an aromatic ring is 1. The third-order valence-corrected chi connectivity index (χ3v) is 5.78. The lowest BCUT2D eigenvalue weighted by molar-refractivity contribution is -0.0166. The lowest BCUT2D eigenvalue weighted by Gasteiger charge is -2.20. The van der Waals surface area contributed by atoms with E-state index < -0.39 is 30.2 Å². The van der Waals surface area contributed by atoms with Crippen molar-refractivity contribution >= 4 is 16.7 Å². The van der Waals surface area contributed by atoms with Crippen molar-refractivity contribution in [3.63, 3.8) is 0 Å². The summed E-state index contributed by atoms with van der Waals surface area (Å²) in [4.78, 5) is 4.22. The van der Waals surface area contributed by atoms with E-state index in [0.29, 0.717) is 24.4 Å². The van der Waals surface area contributed by atoms with Gasteiger partial charge in [-0.15, -0.1) is 0 Å². The van der Waals surface area contributed by atoms with Crippen molar-refractivity contribution in [2.24, 2.45) is 0 Å². The minimum Gasteiger partial charge on any atom is -0.487 e. The van der Waals surface area contributed by atoms with Crippen molar-refractivity contribution in [1.82, 2.24) is 14.9 Å². The predicted octanol–water partition coefficient (Wildman–Crippen LogP) is 1.47. The van der Waals surface area contributed by atoms with Crippen molar-refractivity contribution in [2.75, 3.05) is 5.73 Å². The first-order valence-corrected chi connectivity index (χ1v) is 9.29. The maximum Gasteiger partial charge on any atom is 0.152 e. The number of pyridine rings is 1. The van der Waals surface area contributed by atoms with Gasteiger partial charge in [0.2, 0.25) is 0 Å². The third-order valence-electron chi connectivity index (χ3n) is 5.78. The summed E-state index contributed by atoms with van der Waals surface area (Å²) in [5, 5.41) is 24.7. The van der Waals surface area contributed by atoms with Gasteiger partial charge in [0, 0.05) is 43.2 Å². The van der Waals surface area contributed by atoms with Gasteiger partial charge in [-0.25, -0.2) is 9.37 Å². The highest BCUT2D eigenvalue weighted by Gasteiger charge is 2.45. The molecule has 2 aliphatic rings. The topological polar surface area (TPSA) is 106 Å². The summed E-state index contributed by atoms with van der Waals surface area (Å²) in [6, 6.07) is 6.78. The molecule has 5 rings (SSSR count). The van der Waals surface area contributed by atoms with E-state index in [1.165, 1.54) is 24.0 Å². The molecule has 2 aromatic heterocycles. The molecule has 0 radical (unpaired) electrons. The molecule has 1 unspecified atom stereocenters. The van der Waals surface area contributed by atoms with Crippen LogP contribution < -0.4 is 15.8 Å². The molecule has 146 valence electrons. The van der Waals surface area contributed by atoms with Crippen molar-refractivity contribution in [3.05, 3.63) is 53.6 Å². The Kier molecular flexibility index (Phi) is 4.01. The molecule has 1 saturated carbocycles. The van der Waals surface area contributed by atoms with E-state index in [1.54, 1.807) is 4.57 Å². The molecular formula is C20H21FN4O3. The molecule has 0 saturated heterocycles. The molecule has 0 amide bonds. The Morgan fingerprint density at radius 2 is 2.07 bits per heavy atom. The highest BCUT2D eigenvalue weighted by Crippen LogP contribution is 2.38. The van der Waals surface area contributed by atoms with Crippen LogP contribution in [0.1, 0.15) is 23.6 Å². The molecule has 3 heterocycles. The van der Waals surface area contributed by atoms with Gasteiger partial charge in [-0.3, -0.25) is 0 Å². The molecule has 1 aromatic carbocycles. The summed E-state index contributed by atoms with van der Waals surface area (Å²) in [6.45, 7) is 1.49. The molecule has 3 aromatic rings. The van der Waals surface area contributed by atoms with Gasteiger partial charge in [0.25, 0.3) is 0 Å². The first kappa shape index (κ1) is 17.4. The molecule has 4 atom stereocenters. The van der Waals surface area contributed by atoms with Crippen molar-refractivity contribution in [3.8, 4) is 5.75 Å². The van der Waals surface area contributed by atoms with Gasteiger partial charge in [0.15, 0.2) is 5.82 Å². The van der Waals surface area contributed by atoms with Crippen LogP contribution in [0.15, 0.2) is 36.7 Å². The second kappa shape index (κ2) is 6.44. The van der Waals surface area contributed by atoms with Crippen LogP contribution in [0, 0.1) is 5.82 Å².